The molecule has 2 heterocycles. The maximum absolute atomic E-state index is 11.3. The number of unbranched alkanes of at least 4 members (excludes halogenated alkanes) is 2. The Labute approximate surface area is 120 Å². The lowest BCUT2D eigenvalue weighted by Crippen LogP contribution is -2.16. The van der Waals surface area contributed by atoms with Crippen LogP contribution < -0.4 is 5.73 Å². The zero-order valence-corrected chi connectivity index (χ0v) is 12.0. The minimum absolute atomic E-state index is 0.102. The van der Waals surface area contributed by atoms with Gasteiger partial charge in [-0.05, 0) is 6.42 Å². The number of H-pyrrole nitrogens is 1. The number of carboxylic acids is 1. The lowest BCUT2D eigenvalue weighted by molar-refractivity contribution is -0.136. The van der Waals surface area contributed by atoms with Crippen molar-refractivity contribution in [2.24, 2.45) is 0 Å². The van der Waals surface area contributed by atoms with Gasteiger partial charge in [-0.15, -0.1) is 0 Å². The molecule has 0 aliphatic carbocycles. The first kappa shape index (κ1) is 14.6. The Kier molecular flexibility index (Phi) is 4.78. The highest BCUT2D eigenvalue weighted by Crippen LogP contribution is 2.30. The van der Waals surface area contributed by atoms with Gasteiger partial charge >= 0.3 is 5.97 Å². The van der Waals surface area contributed by atoms with Crippen LogP contribution in [0.3, 0.4) is 0 Å². The third-order valence-corrected chi connectivity index (χ3v) is 4.11. The number of aromatic nitrogens is 4. The number of carbonyl (C=O) groups is 1. The molecule has 0 fully saturated rings. The van der Waals surface area contributed by atoms with Crippen molar-refractivity contribution in [3.8, 4) is 0 Å². The number of fused-ring (bicyclic) bond motifs is 1. The topological polar surface area (TPSA) is 118 Å². The van der Waals surface area contributed by atoms with Crippen LogP contribution in [-0.4, -0.2) is 36.3 Å². The largest absolute Gasteiger partial charge is 0.480 e. The molecular weight excluding hydrogens is 278 g/mol. The molecule has 0 saturated carbocycles. The lowest BCUT2D eigenvalue weighted by Gasteiger charge is -2.11. The van der Waals surface area contributed by atoms with Crippen molar-refractivity contribution in [1.29, 1.82) is 0 Å². The summed E-state index contributed by atoms with van der Waals surface area (Å²) in [5.41, 5.74) is 6.71. The average Bonchev–Trinajstić information content (AvgIpc) is 2.85. The molecule has 0 unspecified atom stereocenters. The van der Waals surface area contributed by atoms with Crippen LogP contribution in [0.4, 0.5) is 5.95 Å². The summed E-state index contributed by atoms with van der Waals surface area (Å²) >= 11 is 1.19. The number of thioether (sulfide) groups is 1. The molecule has 0 saturated heterocycles. The third-order valence-electron chi connectivity index (χ3n) is 2.87. The van der Waals surface area contributed by atoms with Gasteiger partial charge in [0.1, 0.15) is 15.8 Å². The Hall–Kier alpha value is -1.83. The second-order valence-corrected chi connectivity index (χ2v) is 5.62. The molecule has 0 radical (unpaired) electrons. The highest BCUT2D eigenvalue weighted by molar-refractivity contribution is 8.00. The van der Waals surface area contributed by atoms with Crippen LogP contribution in [0.2, 0.25) is 0 Å². The fraction of sp³-hybridized carbons (Fsp3) is 0.500. The number of carboxylic acid groups (broad SMARTS) is 1. The summed E-state index contributed by atoms with van der Waals surface area (Å²) in [4.78, 5) is 26.4. The monoisotopic (exact) mass is 295 g/mol. The van der Waals surface area contributed by atoms with Crippen molar-refractivity contribution < 1.29 is 9.90 Å². The molecule has 1 atom stereocenters. The van der Waals surface area contributed by atoms with Crippen LogP contribution in [0.15, 0.2) is 11.4 Å². The number of nitrogens with one attached hydrogen (secondary N) is 1. The number of imidazole rings is 1. The Morgan fingerprint density at radius 1 is 1.50 bits per heavy atom. The van der Waals surface area contributed by atoms with Gasteiger partial charge in [0, 0.05) is 0 Å². The molecule has 2 rings (SSSR count). The number of nitrogens with two attached hydrogens (primary N) is 1. The molecule has 0 aliphatic rings. The van der Waals surface area contributed by atoms with E-state index in [0.717, 1.165) is 19.3 Å². The van der Waals surface area contributed by atoms with Gasteiger partial charge in [-0.1, -0.05) is 37.9 Å². The number of hydrogen-bond acceptors (Lipinski definition) is 6. The minimum Gasteiger partial charge on any atom is -0.480 e. The van der Waals surface area contributed by atoms with Crippen LogP contribution in [0.1, 0.15) is 32.6 Å². The van der Waals surface area contributed by atoms with Crippen molar-refractivity contribution >= 4 is 34.8 Å². The average molecular weight is 295 g/mol. The van der Waals surface area contributed by atoms with E-state index in [1.807, 2.05) is 0 Å². The van der Waals surface area contributed by atoms with E-state index in [1.165, 1.54) is 18.1 Å². The van der Waals surface area contributed by atoms with Crippen molar-refractivity contribution in [3.05, 3.63) is 6.33 Å². The van der Waals surface area contributed by atoms with Gasteiger partial charge in [-0.25, -0.2) is 9.97 Å². The highest BCUT2D eigenvalue weighted by Gasteiger charge is 2.21. The predicted molar refractivity (Wildman–Crippen MR) is 77.5 cm³/mol. The zero-order valence-electron chi connectivity index (χ0n) is 11.2. The van der Waals surface area contributed by atoms with Crippen molar-refractivity contribution in [3.63, 3.8) is 0 Å². The molecule has 0 amide bonds. The molecule has 0 bridgehead atoms. The van der Waals surface area contributed by atoms with Gasteiger partial charge in [0.25, 0.3) is 0 Å². The molecular formula is C12H17N5O2S. The molecule has 2 aromatic rings. The molecule has 0 spiro atoms. The van der Waals surface area contributed by atoms with Crippen LogP contribution in [-0.2, 0) is 4.79 Å². The number of aromatic amines is 1. The molecule has 20 heavy (non-hydrogen) atoms. The number of nitrogen functional groups attached to an aromatic ring is 1. The van der Waals surface area contributed by atoms with Crippen molar-refractivity contribution in [1.82, 2.24) is 19.9 Å². The smallest absolute Gasteiger partial charge is 0.317 e. The van der Waals surface area contributed by atoms with Gasteiger partial charge in [-0.2, -0.15) is 4.98 Å². The molecule has 7 nitrogen and oxygen atoms in total. The van der Waals surface area contributed by atoms with Gasteiger partial charge in [0.05, 0.1) is 6.33 Å². The molecule has 2 aromatic heterocycles. The molecule has 0 aromatic carbocycles. The maximum atomic E-state index is 11.3. The molecule has 4 N–H and O–H groups in total. The highest BCUT2D eigenvalue weighted by atomic mass is 32.2. The standard InChI is InChI=1S/C12H17N5O2S/c1-2-3-4-5-7(11(18)19)20-10-8-9(15-6-14-8)16-12(13)17-10/h6-7H,2-5H2,1H3,(H,18,19)(H3,13,14,15,16,17)/t7-/m0/s1. The van der Waals surface area contributed by atoms with Gasteiger partial charge < -0.3 is 15.8 Å². The summed E-state index contributed by atoms with van der Waals surface area (Å²) in [6, 6.07) is 0. The van der Waals surface area contributed by atoms with Crippen molar-refractivity contribution in [2.75, 3.05) is 5.73 Å². The normalized spacial score (nSPS) is 12.7. The SMILES string of the molecule is CCCCC[C@H](Sc1nc(N)nc2nc[nH]c12)C(=O)O. The molecule has 108 valence electrons. The van der Waals surface area contributed by atoms with E-state index in [-0.39, 0.29) is 5.95 Å². The summed E-state index contributed by atoms with van der Waals surface area (Å²) in [6.07, 6.45) is 5.06. The Balaban J connectivity index is 2.19. The Bertz CT molecular complexity index is 601. The summed E-state index contributed by atoms with van der Waals surface area (Å²) in [5, 5.41) is 9.30. The van der Waals surface area contributed by atoms with Crippen LogP contribution >= 0.6 is 11.8 Å². The third kappa shape index (κ3) is 3.38. The fourth-order valence-corrected chi connectivity index (χ4v) is 2.92. The first-order valence-electron chi connectivity index (χ1n) is 6.48. The van der Waals surface area contributed by atoms with Crippen LogP contribution in [0.25, 0.3) is 11.2 Å². The van der Waals surface area contributed by atoms with Crippen LogP contribution in [0.5, 0.6) is 0 Å². The zero-order chi connectivity index (χ0) is 14.5. The van der Waals surface area contributed by atoms with Crippen molar-refractivity contribution in [2.45, 2.75) is 42.9 Å². The van der Waals surface area contributed by atoms with E-state index in [2.05, 4.69) is 26.9 Å². The van der Waals surface area contributed by atoms with E-state index in [9.17, 15) is 9.90 Å². The van der Waals surface area contributed by atoms with E-state index in [4.69, 9.17) is 5.73 Å². The number of rotatable bonds is 7. The second kappa shape index (κ2) is 6.56. The molecule has 8 heteroatoms. The number of aliphatic carboxylic acids is 1. The quantitative estimate of drug-likeness (QED) is 0.406. The first-order valence-corrected chi connectivity index (χ1v) is 7.35. The van der Waals surface area contributed by atoms with Crippen LogP contribution in [0, 0.1) is 0 Å². The lowest BCUT2D eigenvalue weighted by atomic mass is 10.1. The summed E-state index contributed by atoms with van der Waals surface area (Å²) < 4.78 is 0. The summed E-state index contributed by atoms with van der Waals surface area (Å²) in [5.74, 6) is -0.735. The number of nitrogens with zero attached hydrogens (tertiary/aromatic N) is 3. The van der Waals surface area contributed by atoms with E-state index < -0.39 is 11.2 Å². The number of hydrogen-bond donors (Lipinski definition) is 3. The van der Waals surface area contributed by atoms with Gasteiger partial charge in [-0.3, -0.25) is 4.79 Å². The summed E-state index contributed by atoms with van der Waals surface area (Å²) in [6.45, 7) is 2.09. The predicted octanol–water partition coefficient (Wildman–Crippen LogP) is 2.06. The maximum Gasteiger partial charge on any atom is 0.317 e. The van der Waals surface area contributed by atoms with E-state index in [0.29, 0.717) is 22.6 Å². The summed E-state index contributed by atoms with van der Waals surface area (Å²) in [7, 11) is 0. The van der Waals surface area contributed by atoms with Gasteiger partial charge in [0.2, 0.25) is 5.95 Å². The number of anilines is 1. The minimum atomic E-state index is -0.837. The Morgan fingerprint density at radius 2 is 2.30 bits per heavy atom. The second-order valence-electron chi connectivity index (χ2n) is 4.43. The fourth-order valence-electron chi connectivity index (χ4n) is 1.86. The first-order chi connectivity index (χ1) is 9.61. The Morgan fingerprint density at radius 3 is 3.00 bits per heavy atom. The van der Waals surface area contributed by atoms with E-state index >= 15 is 0 Å². The van der Waals surface area contributed by atoms with E-state index in [1.54, 1.807) is 0 Å². The molecule has 0 aliphatic heterocycles. The van der Waals surface area contributed by atoms with Gasteiger partial charge in [0.15, 0.2) is 5.65 Å².